The molecule has 0 saturated heterocycles. The summed E-state index contributed by atoms with van der Waals surface area (Å²) in [7, 11) is 0. The van der Waals surface area contributed by atoms with Gasteiger partial charge in [0.25, 0.3) is 0 Å². The summed E-state index contributed by atoms with van der Waals surface area (Å²) in [5, 5.41) is 13.8. The maximum absolute atomic E-state index is 11.4. The van der Waals surface area contributed by atoms with Crippen molar-refractivity contribution >= 4 is 12.0 Å². The minimum atomic E-state index is -1.05. The Balaban J connectivity index is 2.40. The molecule has 1 atom stereocenters. The van der Waals surface area contributed by atoms with Crippen LogP contribution in [0.15, 0.2) is 22.8 Å². The van der Waals surface area contributed by atoms with Crippen LogP contribution in [0.25, 0.3) is 0 Å². The molecular formula is C11H16N2O4. The van der Waals surface area contributed by atoms with Crippen LogP contribution in [0.1, 0.15) is 19.6 Å². The molecular weight excluding hydrogens is 224 g/mol. The predicted molar refractivity (Wildman–Crippen MR) is 60.3 cm³/mol. The van der Waals surface area contributed by atoms with Crippen LogP contribution in [-0.2, 0) is 11.3 Å². The number of hydrogen-bond donors (Lipinski definition) is 3. The van der Waals surface area contributed by atoms with Gasteiger partial charge in [0.1, 0.15) is 11.8 Å². The number of carboxylic acid groups (broad SMARTS) is 1. The molecule has 0 radical (unpaired) electrons. The van der Waals surface area contributed by atoms with Crippen molar-refractivity contribution in [2.45, 2.75) is 26.4 Å². The number of hydrogen-bond acceptors (Lipinski definition) is 3. The van der Waals surface area contributed by atoms with Crippen molar-refractivity contribution in [2.24, 2.45) is 5.92 Å². The highest BCUT2D eigenvalue weighted by molar-refractivity contribution is 5.82. The summed E-state index contributed by atoms with van der Waals surface area (Å²) >= 11 is 0. The minimum absolute atomic E-state index is 0.179. The average Bonchev–Trinajstić information content (AvgIpc) is 2.74. The van der Waals surface area contributed by atoms with Gasteiger partial charge in [-0.25, -0.2) is 9.59 Å². The van der Waals surface area contributed by atoms with Gasteiger partial charge in [-0.2, -0.15) is 0 Å². The SMILES string of the molecule is CC(C)[C@@H](NC(=O)NCc1ccco1)C(=O)O. The van der Waals surface area contributed by atoms with Crippen LogP contribution < -0.4 is 10.6 Å². The Labute approximate surface area is 99.0 Å². The standard InChI is InChI=1S/C11H16N2O4/c1-7(2)9(10(14)15)13-11(16)12-6-8-4-3-5-17-8/h3-5,7,9H,6H2,1-2H3,(H,14,15)(H2,12,13,16)/t9-/m1/s1. The van der Waals surface area contributed by atoms with Gasteiger partial charge in [0.15, 0.2) is 0 Å². The molecule has 0 fully saturated rings. The summed E-state index contributed by atoms with van der Waals surface area (Å²) in [5.41, 5.74) is 0. The van der Waals surface area contributed by atoms with Gasteiger partial charge in [0, 0.05) is 0 Å². The van der Waals surface area contributed by atoms with Crippen molar-refractivity contribution < 1.29 is 19.1 Å². The molecule has 0 aliphatic rings. The zero-order valence-corrected chi connectivity index (χ0v) is 9.77. The molecule has 6 nitrogen and oxygen atoms in total. The summed E-state index contributed by atoms with van der Waals surface area (Å²) in [5.74, 6) is -0.619. The summed E-state index contributed by atoms with van der Waals surface area (Å²) in [6.07, 6.45) is 1.50. The lowest BCUT2D eigenvalue weighted by Gasteiger charge is -2.17. The third kappa shape index (κ3) is 4.18. The van der Waals surface area contributed by atoms with Crippen molar-refractivity contribution in [3.63, 3.8) is 0 Å². The second-order valence-electron chi connectivity index (χ2n) is 3.97. The number of nitrogens with one attached hydrogen (secondary N) is 2. The fourth-order valence-electron chi connectivity index (χ4n) is 1.29. The molecule has 0 saturated carbocycles. The first-order chi connectivity index (χ1) is 8.00. The first kappa shape index (κ1) is 13.1. The molecule has 0 aromatic carbocycles. The van der Waals surface area contributed by atoms with Gasteiger partial charge in [0.05, 0.1) is 12.8 Å². The molecule has 17 heavy (non-hydrogen) atoms. The van der Waals surface area contributed by atoms with Crippen molar-refractivity contribution in [1.29, 1.82) is 0 Å². The van der Waals surface area contributed by atoms with Crippen LogP contribution in [0.4, 0.5) is 4.79 Å². The highest BCUT2D eigenvalue weighted by atomic mass is 16.4. The molecule has 3 N–H and O–H groups in total. The van der Waals surface area contributed by atoms with Crippen LogP contribution in [0.3, 0.4) is 0 Å². The number of urea groups is 1. The number of furan rings is 1. The summed E-state index contributed by atoms with van der Waals surface area (Å²) in [4.78, 5) is 22.3. The normalized spacial score (nSPS) is 12.2. The van der Waals surface area contributed by atoms with Crippen molar-refractivity contribution in [3.8, 4) is 0 Å². The van der Waals surface area contributed by atoms with Gasteiger partial charge in [0.2, 0.25) is 0 Å². The molecule has 1 rings (SSSR count). The maximum Gasteiger partial charge on any atom is 0.326 e. The van der Waals surface area contributed by atoms with E-state index in [1.54, 1.807) is 26.0 Å². The molecule has 0 aliphatic heterocycles. The Bertz CT molecular complexity index is 373. The second kappa shape index (κ2) is 5.93. The molecule has 0 bridgehead atoms. The highest BCUT2D eigenvalue weighted by Crippen LogP contribution is 2.02. The van der Waals surface area contributed by atoms with E-state index in [0.717, 1.165) is 0 Å². The van der Waals surface area contributed by atoms with E-state index in [0.29, 0.717) is 5.76 Å². The number of aliphatic carboxylic acids is 1. The van der Waals surface area contributed by atoms with E-state index >= 15 is 0 Å². The van der Waals surface area contributed by atoms with E-state index in [4.69, 9.17) is 9.52 Å². The molecule has 6 heteroatoms. The van der Waals surface area contributed by atoms with Gasteiger partial charge in [-0.3, -0.25) is 0 Å². The van der Waals surface area contributed by atoms with Crippen LogP contribution in [0.2, 0.25) is 0 Å². The van der Waals surface area contributed by atoms with Crippen LogP contribution in [0, 0.1) is 5.92 Å². The minimum Gasteiger partial charge on any atom is -0.480 e. The molecule has 0 unspecified atom stereocenters. The Kier molecular flexibility index (Phi) is 4.56. The van der Waals surface area contributed by atoms with Crippen LogP contribution in [-0.4, -0.2) is 23.1 Å². The summed E-state index contributed by atoms with van der Waals surface area (Å²) in [6, 6.07) is 2.01. The largest absolute Gasteiger partial charge is 0.480 e. The molecule has 0 spiro atoms. The molecule has 2 amide bonds. The predicted octanol–water partition coefficient (Wildman–Crippen LogP) is 1.19. The molecule has 1 aromatic rings. The van der Waals surface area contributed by atoms with E-state index in [1.807, 2.05) is 0 Å². The second-order valence-corrected chi connectivity index (χ2v) is 3.97. The third-order valence-electron chi connectivity index (χ3n) is 2.22. The zero-order valence-electron chi connectivity index (χ0n) is 9.77. The molecule has 1 aromatic heterocycles. The molecule has 0 aliphatic carbocycles. The van der Waals surface area contributed by atoms with Gasteiger partial charge < -0.3 is 20.2 Å². The summed E-state index contributed by atoms with van der Waals surface area (Å²) < 4.78 is 5.02. The Morgan fingerprint density at radius 1 is 1.47 bits per heavy atom. The molecule has 94 valence electrons. The summed E-state index contributed by atoms with van der Waals surface area (Å²) in [6.45, 7) is 3.68. The number of carbonyl (C=O) groups excluding carboxylic acids is 1. The lowest BCUT2D eigenvalue weighted by molar-refractivity contribution is -0.140. The van der Waals surface area contributed by atoms with E-state index in [2.05, 4.69) is 10.6 Å². The van der Waals surface area contributed by atoms with Crippen molar-refractivity contribution in [3.05, 3.63) is 24.2 Å². The number of rotatable bonds is 5. The van der Waals surface area contributed by atoms with Crippen LogP contribution in [0.5, 0.6) is 0 Å². The van der Waals surface area contributed by atoms with Crippen LogP contribution >= 0.6 is 0 Å². The van der Waals surface area contributed by atoms with E-state index < -0.39 is 18.0 Å². The van der Waals surface area contributed by atoms with Crippen molar-refractivity contribution in [1.82, 2.24) is 10.6 Å². The lowest BCUT2D eigenvalue weighted by Crippen LogP contribution is -2.48. The zero-order chi connectivity index (χ0) is 12.8. The highest BCUT2D eigenvalue weighted by Gasteiger charge is 2.23. The Morgan fingerprint density at radius 3 is 2.65 bits per heavy atom. The van der Waals surface area contributed by atoms with Crippen molar-refractivity contribution in [2.75, 3.05) is 0 Å². The Morgan fingerprint density at radius 2 is 2.18 bits per heavy atom. The van der Waals surface area contributed by atoms with Gasteiger partial charge in [-0.05, 0) is 18.1 Å². The van der Waals surface area contributed by atoms with Gasteiger partial charge in [-0.1, -0.05) is 13.8 Å². The van der Waals surface area contributed by atoms with E-state index in [1.165, 1.54) is 6.26 Å². The smallest absolute Gasteiger partial charge is 0.326 e. The lowest BCUT2D eigenvalue weighted by atomic mass is 10.1. The maximum atomic E-state index is 11.4. The monoisotopic (exact) mass is 240 g/mol. The number of carboxylic acids is 1. The van der Waals surface area contributed by atoms with Gasteiger partial charge >= 0.3 is 12.0 Å². The Hall–Kier alpha value is -1.98. The topological polar surface area (TPSA) is 91.6 Å². The first-order valence-corrected chi connectivity index (χ1v) is 5.30. The number of amides is 2. The first-order valence-electron chi connectivity index (χ1n) is 5.30. The van der Waals surface area contributed by atoms with E-state index in [-0.39, 0.29) is 12.5 Å². The van der Waals surface area contributed by atoms with E-state index in [9.17, 15) is 9.59 Å². The van der Waals surface area contributed by atoms with Gasteiger partial charge in [-0.15, -0.1) is 0 Å². The fraction of sp³-hybridized carbons (Fsp3) is 0.455. The fourth-order valence-corrected chi connectivity index (χ4v) is 1.29. The third-order valence-corrected chi connectivity index (χ3v) is 2.22. The number of carbonyl (C=O) groups is 2. The molecule has 1 heterocycles. The average molecular weight is 240 g/mol. The quantitative estimate of drug-likeness (QED) is 0.720.